The average molecular weight is 240 g/mol. The van der Waals surface area contributed by atoms with Gasteiger partial charge in [0.05, 0.1) is 0 Å². The summed E-state index contributed by atoms with van der Waals surface area (Å²) in [6.07, 6.45) is 12.7. The van der Waals surface area contributed by atoms with Crippen LogP contribution in [0.3, 0.4) is 0 Å². The Morgan fingerprint density at radius 3 is 1.41 bits per heavy atom. The van der Waals surface area contributed by atoms with Crippen LogP contribution in [0.2, 0.25) is 0 Å². The van der Waals surface area contributed by atoms with E-state index in [0.717, 1.165) is 0 Å². The molecule has 0 amide bonds. The van der Waals surface area contributed by atoms with Gasteiger partial charge in [0, 0.05) is 0 Å². The van der Waals surface area contributed by atoms with E-state index in [9.17, 15) is 0 Å². The molecule has 0 nitrogen and oxygen atoms in total. The van der Waals surface area contributed by atoms with Crippen molar-refractivity contribution in [3.8, 4) is 0 Å². The molecule has 0 spiro atoms. The fraction of sp³-hybridized carbons (Fsp3) is 1.00. The lowest BCUT2D eigenvalue weighted by molar-refractivity contribution is 0.306. The first kappa shape index (κ1) is 17.0. The minimum absolute atomic E-state index is 0.533. The van der Waals surface area contributed by atoms with Crippen molar-refractivity contribution >= 4 is 0 Å². The lowest BCUT2D eigenvalue weighted by Crippen LogP contribution is -2.08. The lowest BCUT2D eigenvalue weighted by atomic mass is 9.84. The van der Waals surface area contributed by atoms with Crippen molar-refractivity contribution < 1.29 is 0 Å². The fourth-order valence-corrected chi connectivity index (χ4v) is 2.14. The van der Waals surface area contributed by atoms with Gasteiger partial charge >= 0.3 is 0 Å². The van der Waals surface area contributed by atoms with Crippen molar-refractivity contribution in [1.29, 1.82) is 0 Å². The second-order valence-corrected chi connectivity index (χ2v) is 7.70. The molecule has 0 aliphatic heterocycles. The van der Waals surface area contributed by atoms with Crippen LogP contribution in [0.4, 0.5) is 0 Å². The highest BCUT2D eigenvalue weighted by Gasteiger charge is 2.13. The van der Waals surface area contributed by atoms with Crippen LogP contribution in [0.1, 0.15) is 99.3 Å². The maximum atomic E-state index is 2.40. The van der Waals surface area contributed by atoms with Crippen molar-refractivity contribution in [2.24, 2.45) is 10.8 Å². The SMILES string of the molecule is CCC(C)(C)CCCCCCCCC(C)(C)C. The van der Waals surface area contributed by atoms with Gasteiger partial charge < -0.3 is 0 Å². The summed E-state index contributed by atoms with van der Waals surface area (Å²) in [6.45, 7) is 14.2. The van der Waals surface area contributed by atoms with Crippen LogP contribution >= 0.6 is 0 Å². The van der Waals surface area contributed by atoms with Crippen LogP contribution in [-0.4, -0.2) is 0 Å². The molecule has 0 aromatic heterocycles. The highest BCUT2D eigenvalue weighted by Crippen LogP contribution is 2.27. The van der Waals surface area contributed by atoms with Crippen LogP contribution in [0.5, 0.6) is 0 Å². The molecule has 0 rings (SSSR count). The molecule has 0 aliphatic carbocycles. The van der Waals surface area contributed by atoms with Crippen LogP contribution in [0, 0.1) is 10.8 Å². The van der Waals surface area contributed by atoms with Gasteiger partial charge in [0.15, 0.2) is 0 Å². The quantitative estimate of drug-likeness (QED) is 0.399. The molecular weight excluding hydrogens is 204 g/mol. The zero-order valence-corrected chi connectivity index (χ0v) is 13.4. The van der Waals surface area contributed by atoms with E-state index in [2.05, 4.69) is 41.5 Å². The van der Waals surface area contributed by atoms with E-state index >= 15 is 0 Å². The zero-order valence-electron chi connectivity index (χ0n) is 13.4. The van der Waals surface area contributed by atoms with Gasteiger partial charge in [-0.2, -0.15) is 0 Å². The Morgan fingerprint density at radius 1 is 0.588 bits per heavy atom. The first-order valence-corrected chi connectivity index (χ1v) is 7.77. The first-order chi connectivity index (χ1) is 7.77. The Morgan fingerprint density at radius 2 is 1.00 bits per heavy atom. The molecule has 0 aromatic carbocycles. The van der Waals surface area contributed by atoms with E-state index in [1.165, 1.54) is 57.8 Å². The monoisotopic (exact) mass is 240 g/mol. The molecule has 0 radical (unpaired) electrons. The van der Waals surface area contributed by atoms with Crippen molar-refractivity contribution in [2.45, 2.75) is 99.3 Å². The summed E-state index contributed by atoms with van der Waals surface area (Å²) >= 11 is 0. The molecule has 0 saturated heterocycles. The Balaban J connectivity index is 3.25. The van der Waals surface area contributed by atoms with E-state index in [-0.39, 0.29) is 0 Å². The summed E-state index contributed by atoms with van der Waals surface area (Å²) < 4.78 is 0. The average Bonchev–Trinajstić information content (AvgIpc) is 2.20. The van der Waals surface area contributed by atoms with E-state index in [1.54, 1.807) is 0 Å². The van der Waals surface area contributed by atoms with E-state index < -0.39 is 0 Å². The Bertz CT molecular complexity index is 171. The molecule has 0 saturated carbocycles. The van der Waals surface area contributed by atoms with Crippen molar-refractivity contribution in [2.75, 3.05) is 0 Å². The topological polar surface area (TPSA) is 0 Å². The minimum atomic E-state index is 0.533. The van der Waals surface area contributed by atoms with Gasteiger partial charge in [-0.1, -0.05) is 86.5 Å². The highest BCUT2D eigenvalue weighted by molar-refractivity contribution is 4.66. The maximum Gasteiger partial charge on any atom is -0.0357 e. The fourth-order valence-electron chi connectivity index (χ4n) is 2.14. The summed E-state index contributed by atoms with van der Waals surface area (Å²) in [6, 6.07) is 0. The minimum Gasteiger partial charge on any atom is -0.0649 e. The van der Waals surface area contributed by atoms with Crippen LogP contribution in [0.15, 0.2) is 0 Å². The number of rotatable bonds is 9. The van der Waals surface area contributed by atoms with E-state index in [1.807, 2.05) is 0 Å². The standard InChI is InChI=1S/C17H36/c1-7-17(5,6)15-13-11-9-8-10-12-14-16(2,3)4/h7-15H2,1-6H3. The third-order valence-corrected chi connectivity index (χ3v) is 3.99. The summed E-state index contributed by atoms with van der Waals surface area (Å²) in [5.74, 6) is 0. The smallest absolute Gasteiger partial charge is 0.0357 e. The summed E-state index contributed by atoms with van der Waals surface area (Å²) in [5, 5.41) is 0. The number of hydrogen-bond donors (Lipinski definition) is 0. The molecule has 0 atom stereocenters. The largest absolute Gasteiger partial charge is 0.0649 e. The maximum absolute atomic E-state index is 2.40. The van der Waals surface area contributed by atoms with Gasteiger partial charge in [-0.3, -0.25) is 0 Å². The van der Waals surface area contributed by atoms with Gasteiger partial charge in [0.1, 0.15) is 0 Å². The Hall–Kier alpha value is 0. The molecule has 0 bridgehead atoms. The van der Waals surface area contributed by atoms with Gasteiger partial charge in [0.2, 0.25) is 0 Å². The van der Waals surface area contributed by atoms with E-state index in [4.69, 9.17) is 0 Å². The third-order valence-electron chi connectivity index (χ3n) is 3.99. The highest BCUT2D eigenvalue weighted by atomic mass is 14.2. The predicted octanol–water partition coefficient (Wildman–Crippen LogP) is 6.59. The summed E-state index contributed by atoms with van der Waals surface area (Å²) in [7, 11) is 0. The summed E-state index contributed by atoms with van der Waals surface area (Å²) in [5.41, 5.74) is 1.11. The summed E-state index contributed by atoms with van der Waals surface area (Å²) in [4.78, 5) is 0. The molecular formula is C17H36. The Kier molecular flexibility index (Phi) is 8.16. The van der Waals surface area contributed by atoms with Gasteiger partial charge in [0.25, 0.3) is 0 Å². The van der Waals surface area contributed by atoms with Crippen LogP contribution in [0.25, 0.3) is 0 Å². The van der Waals surface area contributed by atoms with Crippen LogP contribution in [-0.2, 0) is 0 Å². The number of unbranched alkanes of at least 4 members (excludes halogenated alkanes) is 5. The molecule has 0 aliphatic rings. The first-order valence-electron chi connectivity index (χ1n) is 7.77. The molecule has 0 N–H and O–H groups in total. The lowest BCUT2D eigenvalue weighted by Gasteiger charge is -2.22. The molecule has 104 valence electrons. The molecule has 0 fully saturated rings. The van der Waals surface area contributed by atoms with Crippen molar-refractivity contribution in [3.05, 3.63) is 0 Å². The Labute approximate surface area is 111 Å². The normalized spacial score (nSPS) is 13.1. The van der Waals surface area contributed by atoms with E-state index in [0.29, 0.717) is 10.8 Å². The molecule has 0 heterocycles. The van der Waals surface area contributed by atoms with Crippen molar-refractivity contribution in [3.63, 3.8) is 0 Å². The van der Waals surface area contributed by atoms with Gasteiger partial charge in [-0.15, -0.1) is 0 Å². The predicted molar refractivity (Wildman–Crippen MR) is 80.5 cm³/mol. The van der Waals surface area contributed by atoms with Crippen LogP contribution < -0.4 is 0 Å². The zero-order chi connectivity index (χ0) is 13.4. The number of hydrogen-bond acceptors (Lipinski definition) is 0. The second kappa shape index (κ2) is 8.16. The molecule has 0 unspecified atom stereocenters. The molecule has 0 aromatic rings. The molecule has 0 heteroatoms. The second-order valence-electron chi connectivity index (χ2n) is 7.70. The molecule has 17 heavy (non-hydrogen) atoms. The van der Waals surface area contributed by atoms with Gasteiger partial charge in [-0.25, -0.2) is 0 Å². The van der Waals surface area contributed by atoms with Crippen molar-refractivity contribution in [1.82, 2.24) is 0 Å². The third kappa shape index (κ3) is 12.2. The van der Waals surface area contributed by atoms with Gasteiger partial charge in [-0.05, 0) is 23.7 Å².